The molecule has 126 valence electrons. The molecule has 0 fully saturated rings. The van der Waals surface area contributed by atoms with Gasteiger partial charge in [0.15, 0.2) is 0 Å². The number of amides is 1. The standard InChI is InChI=1S/C16H18N4O4/c1-3-10-11(15(22)20-19-12(10)4-2)8-18-14(21)9-5-6-17-13(7-9)16(23)24/h5-7H,3-4,8H2,1-2H3,(H,18,21)(H,20,22)(H,23,24). The molecular weight excluding hydrogens is 312 g/mol. The van der Waals surface area contributed by atoms with Gasteiger partial charge in [-0.3, -0.25) is 9.59 Å². The molecule has 0 aliphatic rings. The maximum absolute atomic E-state index is 12.2. The SMILES string of the molecule is CCc1n[nH]c(=O)c(CNC(=O)c2ccnc(C(=O)O)c2)c1CC. The molecule has 0 spiro atoms. The highest BCUT2D eigenvalue weighted by atomic mass is 16.4. The Bertz CT molecular complexity index is 829. The first-order chi connectivity index (χ1) is 11.5. The summed E-state index contributed by atoms with van der Waals surface area (Å²) >= 11 is 0. The zero-order valence-electron chi connectivity index (χ0n) is 13.4. The van der Waals surface area contributed by atoms with Gasteiger partial charge in [0.05, 0.1) is 5.69 Å². The molecule has 24 heavy (non-hydrogen) atoms. The Morgan fingerprint density at radius 3 is 2.62 bits per heavy atom. The molecule has 0 bridgehead atoms. The van der Waals surface area contributed by atoms with Crippen molar-refractivity contribution in [1.82, 2.24) is 20.5 Å². The van der Waals surface area contributed by atoms with Crippen molar-refractivity contribution in [2.45, 2.75) is 33.2 Å². The van der Waals surface area contributed by atoms with E-state index >= 15 is 0 Å². The molecule has 8 heteroatoms. The lowest BCUT2D eigenvalue weighted by atomic mass is 10.0. The topological polar surface area (TPSA) is 125 Å². The number of carboxylic acid groups (broad SMARTS) is 1. The minimum Gasteiger partial charge on any atom is -0.477 e. The number of H-pyrrole nitrogens is 1. The van der Waals surface area contributed by atoms with Crippen LogP contribution in [0.1, 0.15) is 51.5 Å². The highest BCUT2D eigenvalue weighted by Gasteiger charge is 2.14. The Kier molecular flexibility index (Phi) is 5.41. The van der Waals surface area contributed by atoms with E-state index in [1.54, 1.807) is 0 Å². The van der Waals surface area contributed by atoms with Gasteiger partial charge >= 0.3 is 5.97 Å². The summed E-state index contributed by atoms with van der Waals surface area (Å²) in [5.41, 5.74) is 1.69. The first kappa shape index (κ1) is 17.3. The molecule has 0 saturated carbocycles. The van der Waals surface area contributed by atoms with Crippen LogP contribution in [-0.4, -0.2) is 32.2 Å². The molecule has 0 unspecified atom stereocenters. The molecule has 2 rings (SSSR count). The van der Waals surface area contributed by atoms with Crippen LogP contribution in [0, 0.1) is 0 Å². The van der Waals surface area contributed by atoms with E-state index in [4.69, 9.17) is 5.11 Å². The number of pyridine rings is 1. The quantitative estimate of drug-likeness (QED) is 0.723. The fraction of sp³-hybridized carbons (Fsp3) is 0.312. The molecule has 2 aromatic heterocycles. The van der Waals surface area contributed by atoms with E-state index in [0.717, 1.165) is 11.3 Å². The Morgan fingerprint density at radius 1 is 1.25 bits per heavy atom. The van der Waals surface area contributed by atoms with Gasteiger partial charge in [-0.2, -0.15) is 5.10 Å². The van der Waals surface area contributed by atoms with Crippen molar-refractivity contribution in [3.05, 3.63) is 56.8 Å². The number of carbonyl (C=O) groups excluding carboxylic acids is 1. The van der Waals surface area contributed by atoms with Crippen molar-refractivity contribution < 1.29 is 14.7 Å². The number of hydrogen-bond acceptors (Lipinski definition) is 5. The average molecular weight is 330 g/mol. The van der Waals surface area contributed by atoms with Gasteiger partial charge in [-0.25, -0.2) is 14.9 Å². The lowest BCUT2D eigenvalue weighted by molar-refractivity contribution is 0.0690. The number of carbonyl (C=O) groups is 2. The molecule has 2 heterocycles. The second-order valence-electron chi connectivity index (χ2n) is 5.08. The summed E-state index contributed by atoms with van der Waals surface area (Å²) in [6.07, 6.45) is 2.56. The van der Waals surface area contributed by atoms with E-state index in [9.17, 15) is 14.4 Å². The van der Waals surface area contributed by atoms with Crippen molar-refractivity contribution in [3.63, 3.8) is 0 Å². The molecule has 1 amide bonds. The largest absolute Gasteiger partial charge is 0.477 e. The van der Waals surface area contributed by atoms with Crippen LogP contribution in [0.2, 0.25) is 0 Å². The third-order valence-electron chi connectivity index (χ3n) is 3.63. The van der Waals surface area contributed by atoms with Crippen LogP contribution in [0.25, 0.3) is 0 Å². The predicted molar refractivity (Wildman–Crippen MR) is 86.0 cm³/mol. The number of aromatic amines is 1. The molecule has 2 aromatic rings. The normalized spacial score (nSPS) is 10.4. The van der Waals surface area contributed by atoms with Crippen LogP contribution in [0.3, 0.4) is 0 Å². The van der Waals surface area contributed by atoms with Gasteiger partial charge in [-0.1, -0.05) is 13.8 Å². The van der Waals surface area contributed by atoms with E-state index < -0.39 is 11.9 Å². The van der Waals surface area contributed by atoms with Crippen LogP contribution >= 0.6 is 0 Å². The smallest absolute Gasteiger partial charge is 0.354 e. The number of nitrogens with zero attached hydrogens (tertiary/aromatic N) is 2. The minimum absolute atomic E-state index is 0.0393. The Labute approximate surface area is 137 Å². The average Bonchev–Trinajstić information content (AvgIpc) is 2.60. The summed E-state index contributed by atoms with van der Waals surface area (Å²) in [5.74, 6) is -1.69. The van der Waals surface area contributed by atoms with Gasteiger partial charge < -0.3 is 10.4 Å². The van der Waals surface area contributed by atoms with E-state index in [2.05, 4.69) is 20.5 Å². The van der Waals surface area contributed by atoms with E-state index in [1.807, 2.05) is 13.8 Å². The van der Waals surface area contributed by atoms with Gasteiger partial charge in [0.25, 0.3) is 11.5 Å². The molecule has 0 radical (unpaired) electrons. The van der Waals surface area contributed by atoms with Crippen molar-refractivity contribution in [3.8, 4) is 0 Å². The summed E-state index contributed by atoms with van der Waals surface area (Å²) < 4.78 is 0. The van der Waals surface area contributed by atoms with Crippen LogP contribution in [0.4, 0.5) is 0 Å². The third kappa shape index (κ3) is 3.65. The van der Waals surface area contributed by atoms with Crippen LogP contribution in [0.5, 0.6) is 0 Å². The fourth-order valence-corrected chi connectivity index (χ4v) is 2.42. The zero-order chi connectivity index (χ0) is 17.7. The minimum atomic E-state index is -1.21. The number of nitrogens with one attached hydrogen (secondary N) is 2. The number of aromatic carboxylic acids is 1. The molecule has 0 atom stereocenters. The highest BCUT2D eigenvalue weighted by Crippen LogP contribution is 2.10. The first-order valence-corrected chi connectivity index (χ1v) is 7.54. The highest BCUT2D eigenvalue weighted by molar-refractivity contribution is 5.96. The van der Waals surface area contributed by atoms with Gasteiger partial charge in [0.1, 0.15) is 5.69 Å². The van der Waals surface area contributed by atoms with Gasteiger partial charge in [-0.05, 0) is 30.5 Å². The monoisotopic (exact) mass is 330 g/mol. The second kappa shape index (κ2) is 7.49. The molecule has 0 saturated heterocycles. The maximum atomic E-state index is 12.2. The van der Waals surface area contributed by atoms with Gasteiger partial charge in [0, 0.05) is 23.9 Å². The third-order valence-corrected chi connectivity index (χ3v) is 3.63. The summed E-state index contributed by atoms with van der Waals surface area (Å²) in [4.78, 5) is 38.8. The van der Waals surface area contributed by atoms with Gasteiger partial charge in [0.2, 0.25) is 0 Å². The predicted octanol–water partition coefficient (Wildman–Crippen LogP) is 0.918. The van der Waals surface area contributed by atoms with E-state index in [1.165, 1.54) is 18.3 Å². The first-order valence-electron chi connectivity index (χ1n) is 7.54. The van der Waals surface area contributed by atoms with Crippen LogP contribution in [0.15, 0.2) is 23.1 Å². The Hall–Kier alpha value is -3.03. The number of aryl methyl sites for hydroxylation is 1. The summed E-state index contributed by atoms with van der Waals surface area (Å²) in [5, 5.41) is 18.0. The summed E-state index contributed by atoms with van der Waals surface area (Å²) in [6, 6.07) is 2.60. The van der Waals surface area contributed by atoms with Crippen molar-refractivity contribution in [2.24, 2.45) is 0 Å². The molecule has 3 N–H and O–H groups in total. The molecule has 0 aliphatic heterocycles. The number of rotatable bonds is 6. The maximum Gasteiger partial charge on any atom is 0.354 e. The number of aromatic nitrogens is 3. The molecule has 8 nitrogen and oxygen atoms in total. The van der Waals surface area contributed by atoms with Crippen molar-refractivity contribution in [2.75, 3.05) is 0 Å². The van der Waals surface area contributed by atoms with Gasteiger partial charge in [-0.15, -0.1) is 0 Å². The van der Waals surface area contributed by atoms with E-state index in [-0.39, 0.29) is 23.4 Å². The zero-order valence-corrected chi connectivity index (χ0v) is 13.4. The van der Waals surface area contributed by atoms with Crippen LogP contribution in [-0.2, 0) is 19.4 Å². The Balaban J connectivity index is 2.22. The van der Waals surface area contributed by atoms with Crippen LogP contribution < -0.4 is 10.9 Å². The molecular formula is C16H18N4O4. The van der Waals surface area contributed by atoms with Crippen molar-refractivity contribution >= 4 is 11.9 Å². The fourth-order valence-electron chi connectivity index (χ4n) is 2.42. The second-order valence-corrected chi connectivity index (χ2v) is 5.08. The molecule has 0 aliphatic carbocycles. The summed E-state index contributed by atoms with van der Waals surface area (Å²) in [7, 11) is 0. The summed E-state index contributed by atoms with van der Waals surface area (Å²) in [6.45, 7) is 3.90. The number of hydrogen-bond donors (Lipinski definition) is 3. The lowest BCUT2D eigenvalue weighted by Gasteiger charge is -2.11. The Morgan fingerprint density at radius 2 is 2.00 bits per heavy atom. The molecule has 0 aromatic carbocycles. The van der Waals surface area contributed by atoms with E-state index in [0.29, 0.717) is 18.4 Å². The van der Waals surface area contributed by atoms with Crippen molar-refractivity contribution in [1.29, 1.82) is 0 Å². The number of carboxylic acids is 1. The lowest BCUT2D eigenvalue weighted by Crippen LogP contribution is -2.29.